The lowest BCUT2D eigenvalue weighted by Crippen LogP contribution is -2.29. The van der Waals surface area contributed by atoms with Gasteiger partial charge in [-0.3, -0.25) is 10.1 Å². The second-order valence-corrected chi connectivity index (χ2v) is 4.25. The van der Waals surface area contributed by atoms with Gasteiger partial charge in [0.15, 0.2) is 0 Å². The van der Waals surface area contributed by atoms with E-state index >= 15 is 0 Å². The molecule has 0 saturated heterocycles. The highest BCUT2D eigenvalue weighted by Gasteiger charge is 2.08. The Morgan fingerprint density at radius 1 is 1.44 bits per heavy atom. The van der Waals surface area contributed by atoms with Crippen LogP contribution in [0.25, 0.3) is 11.3 Å². The molecule has 0 amide bonds. The zero-order valence-corrected chi connectivity index (χ0v) is 10.7. The minimum atomic E-state index is 0.312. The van der Waals surface area contributed by atoms with Gasteiger partial charge in [-0.25, -0.2) is 0 Å². The molecule has 0 radical (unpaired) electrons. The highest BCUT2D eigenvalue weighted by molar-refractivity contribution is 5.61. The summed E-state index contributed by atoms with van der Waals surface area (Å²) >= 11 is 0. The number of methoxy groups -OCH3 is 1. The zero-order valence-electron chi connectivity index (χ0n) is 10.7. The largest absolute Gasteiger partial charge is 0.383 e. The van der Waals surface area contributed by atoms with Crippen molar-refractivity contribution >= 4 is 0 Å². The van der Waals surface area contributed by atoms with Crippen LogP contribution in [-0.2, 0) is 11.3 Å². The topological polar surface area (TPSA) is 62.8 Å². The predicted molar refractivity (Wildman–Crippen MR) is 70.0 cm³/mol. The summed E-state index contributed by atoms with van der Waals surface area (Å²) in [5.41, 5.74) is 3.19. The van der Waals surface area contributed by atoms with Gasteiger partial charge in [0, 0.05) is 43.2 Å². The van der Waals surface area contributed by atoms with E-state index in [1.807, 2.05) is 24.5 Å². The highest BCUT2D eigenvalue weighted by Crippen LogP contribution is 2.19. The van der Waals surface area contributed by atoms with Crippen molar-refractivity contribution in [3.63, 3.8) is 0 Å². The van der Waals surface area contributed by atoms with Crippen molar-refractivity contribution in [1.29, 1.82) is 0 Å². The number of ether oxygens (including phenoxy) is 1. The molecule has 96 valence electrons. The van der Waals surface area contributed by atoms with E-state index in [0.717, 1.165) is 23.4 Å². The van der Waals surface area contributed by atoms with E-state index in [9.17, 15) is 0 Å². The van der Waals surface area contributed by atoms with Gasteiger partial charge in [-0.2, -0.15) is 5.10 Å². The molecule has 1 unspecified atom stereocenters. The first-order valence-electron chi connectivity index (χ1n) is 5.96. The van der Waals surface area contributed by atoms with Crippen LogP contribution in [0, 0.1) is 0 Å². The smallest absolute Gasteiger partial charge is 0.0710 e. The number of rotatable bonds is 6. The molecule has 0 bridgehead atoms. The Labute approximate surface area is 107 Å². The molecule has 0 saturated carbocycles. The maximum absolute atomic E-state index is 5.09. The minimum absolute atomic E-state index is 0.312. The second kappa shape index (κ2) is 6.28. The molecule has 5 heteroatoms. The molecule has 0 spiro atoms. The normalized spacial score (nSPS) is 12.6. The Hall–Kier alpha value is -1.72. The van der Waals surface area contributed by atoms with E-state index in [-0.39, 0.29) is 0 Å². The van der Waals surface area contributed by atoms with Gasteiger partial charge in [-0.05, 0) is 19.1 Å². The van der Waals surface area contributed by atoms with Gasteiger partial charge in [0.2, 0.25) is 0 Å². The number of hydrogen-bond acceptors (Lipinski definition) is 4. The van der Waals surface area contributed by atoms with E-state index in [2.05, 4.69) is 27.4 Å². The van der Waals surface area contributed by atoms with Gasteiger partial charge in [0.05, 0.1) is 18.5 Å². The first kappa shape index (κ1) is 12.7. The van der Waals surface area contributed by atoms with Gasteiger partial charge in [-0.1, -0.05) is 0 Å². The summed E-state index contributed by atoms with van der Waals surface area (Å²) < 4.78 is 5.09. The quantitative estimate of drug-likeness (QED) is 0.812. The summed E-state index contributed by atoms with van der Waals surface area (Å²) in [6, 6.07) is 4.25. The lowest BCUT2D eigenvalue weighted by Gasteiger charge is -2.12. The fourth-order valence-electron chi connectivity index (χ4n) is 1.80. The molecule has 5 nitrogen and oxygen atoms in total. The molecule has 0 aliphatic heterocycles. The van der Waals surface area contributed by atoms with Gasteiger partial charge >= 0.3 is 0 Å². The van der Waals surface area contributed by atoms with Crippen LogP contribution in [0.4, 0.5) is 0 Å². The number of aromatic amines is 1. The fourth-order valence-corrected chi connectivity index (χ4v) is 1.80. The number of hydrogen-bond donors (Lipinski definition) is 2. The molecule has 0 aliphatic rings. The lowest BCUT2D eigenvalue weighted by atomic mass is 10.1. The third-order valence-corrected chi connectivity index (χ3v) is 2.73. The monoisotopic (exact) mass is 246 g/mol. The Morgan fingerprint density at radius 2 is 2.33 bits per heavy atom. The van der Waals surface area contributed by atoms with Crippen LogP contribution in [0.3, 0.4) is 0 Å². The zero-order chi connectivity index (χ0) is 12.8. The molecular weight excluding hydrogens is 228 g/mol. The molecule has 2 aromatic heterocycles. The van der Waals surface area contributed by atoms with Crippen molar-refractivity contribution < 1.29 is 4.74 Å². The maximum Gasteiger partial charge on any atom is 0.0710 e. The molecular formula is C13H18N4O. The number of nitrogens with zero attached hydrogens (tertiary/aromatic N) is 2. The van der Waals surface area contributed by atoms with Gasteiger partial charge < -0.3 is 10.1 Å². The Bertz CT molecular complexity index is 469. The van der Waals surface area contributed by atoms with E-state index in [4.69, 9.17) is 4.74 Å². The number of pyridine rings is 1. The molecule has 1 atom stereocenters. The maximum atomic E-state index is 5.09. The van der Waals surface area contributed by atoms with Crippen LogP contribution in [0.5, 0.6) is 0 Å². The van der Waals surface area contributed by atoms with Gasteiger partial charge in [0.1, 0.15) is 0 Å². The van der Waals surface area contributed by atoms with E-state index in [0.29, 0.717) is 12.6 Å². The van der Waals surface area contributed by atoms with E-state index in [1.165, 1.54) is 0 Å². The average Bonchev–Trinajstić information content (AvgIpc) is 2.86. The molecule has 2 aromatic rings. The number of aromatic nitrogens is 3. The highest BCUT2D eigenvalue weighted by atomic mass is 16.5. The van der Waals surface area contributed by atoms with Crippen molar-refractivity contribution in [2.75, 3.05) is 13.7 Å². The minimum Gasteiger partial charge on any atom is -0.383 e. The summed E-state index contributed by atoms with van der Waals surface area (Å²) in [5.74, 6) is 0. The van der Waals surface area contributed by atoms with Crippen LogP contribution in [-0.4, -0.2) is 34.9 Å². The molecule has 18 heavy (non-hydrogen) atoms. The van der Waals surface area contributed by atoms with Crippen molar-refractivity contribution in [2.45, 2.75) is 19.5 Å². The molecule has 0 aliphatic carbocycles. The predicted octanol–water partition coefficient (Wildman–Crippen LogP) is 1.60. The van der Waals surface area contributed by atoms with Crippen molar-refractivity contribution in [2.24, 2.45) is 0 Å². The van der Waals surface area contributed by atoms with Gasteiger partial charge in [-0.15, -0.1) is 0 Å². The third kappa shape index (κ3) is 3.15. The Morgan fingerprint density at radius 3 is 3.06 bits per heavy atom. The van der Waals surface area contributed by atoms with Crippen molar-refractivity contribution in [3.8, 4) is 11.3 Å². The average molecular weight is 246 g/mol. The first-order chi connectivity index (χ1) is 8.81. The second-order valence-electron chi connectivity index (χ2n) is 4.25. The van der Waals surface area contributed by atoms with Crippen molar-refractivity contribution in [3.05, 3.63) is 36.3 Å². The molecule has 2 heterocycles. The Kier molecular flexibility index (Phi) is 4.44. The SMILES string of the molecule is COCC(C)NCc1cn[nH]c1-c1cccnc1. The molecule has 2 rings (SSSR count). The summed E-state index contributed by atoms with van der Waals surface area (Å²) in [6.07, 6.45) is 5.43. The first-order valence-corrected chi connectivity index (χ1v) is 5.96. The standard InChI is InChI=1S/C13H18N4O/c1-10(9-18-2)15-7-12-8-16-17-13(12)11-4-3-5-14-6-11/h3-6,8,10,15H,7,9H2,1-2H3,(H,16,17). The molecule has 2 N–H and O–H groups in total. The lowest BCUT2D eigenvalue weighted by molar-refractivity contribution is 0.171. The fraction of sp³-hybridized carbons (Fsp3) is 0.385. The van der Waals surface area contributed by atoms with E-state index in [1.54, 1.807) is 13.3 Å². The molecule has 0 aromatic carbocycles. The van der Waals surface area contributed by atoms with Crippen molar-refractivity contribution in [1.82, 2.24) is 20.5 Å². The summed E-state index contributed by atoms with van der Waals surface area (Å²) in [5, 5.41) is 10.5. The summed E-state index contributed by atoms with van der Waals surface area (Å²) in [7, 11) is 1.71. The van der Waals surface area contributed by atoms with Crippen LogP contribution in [0.1, 0.15) is 12.5 Å². The number of nitrogens with one attached hydrogen (secondary N) is 2. The molecule has 0 fully saturated rings. The number of H-pyrrole nitrogens is 1. The van der Waals surface area contributed by atoms with Gasteiger partial charge in [0.25, 0.3) is 0 Å². The van der Waals surface area contributed by atoms with Crippen LogP contribution in [0.15, 0.2) is 30.7 Å². The van der Waals surface area contributed by atoms with E-state index < -0.39 is 0 Å². The van der Waals surface area contributed by atoms with Crippen LogP contribution in [0.2, 0.25) is 0 Å². The van der Waals surface area contributed by atoms with Crippen LogP contribution < -0.4 is 5.32 Å². The summed E-state index contributed by atoms with van der Waals surface area (Å²) in [4.78, 5) is 4.12. The third-order valence-electron chi connectivity index (χ3n) is 2.73. The summed E-state index contributed by atoms with van der Waals surface area (Å²) in [6.45, 7) is 3.54. The van der Waals surface area contributed by atoms with Crippen LogP contribution >= 0.6 is 0 Å². The Balaban J connectivity index is 2.05.